The van der Waals surface area contributed by atoms with Crippen LogP contribution in [0, 0.1) is 0 Å². The van der Waals surface area contributed by atoms with Crippen molar-refractivity contribution in [2.75, 3.05) is 6.26 Å². The molecule has 0 unspecified atom stereocenters. The van der Waals surface area contributed by atoms with Crippen LogP contribution >= 0.6 is 0 Å². The topological polar surface area (TPSA) is 109 Å². The summed E-state index contributed by atoms with van der Waals surface area (Å²) >= 11 is 0. The number of rotatable bonds is 4. The highest BCUT2D eigenvalue weighted by atomic mass is 32.2. The molecule has 0 bridgehead atoms. The van der Waals surface area contributed by atoms with Gasteiger partial charge >= 0.3 is 0 Å². The molecule has 0 spiro atoms. The van der Waals surface area contributed by atoms with Gasteiger partial charge in [0.25, 0.3) is 11.5 Å². The highest BCUT2D eigenvalue weighted by molar-refractivity contribution is 7.90. The molecule has 0 saturated carbocycles. The van der Waals surface area contributed by atoms with Gasteiger partial charge in [0.1, 0.15) is 5.69 Å². The summed E-state index contributed by atoms with van der Waals surface area (Å²) in [4.78, 5) is 22.8. The molecule has 0 radical (unpaired) electrons. The van der Waals surface area contributed by atoms with Crippen molar-refractivity contribution in [1.82, 2.24) is 15.5 Å². The Bertz CT molecular complexity index is 790. The summed E-state index contributed by atoms with van der Waals surface area (Å²) in [6, 6.07) is 8.74. The molecular weight excluding hydrogens is 294 g/mol. The fraction of sp³-hybridized carbons (Fsp3) is 0.154. The Balaban J connectivity index is 2.01. The van der Waals surface area contributed by atoms with Crippen LogP contribution in [0.5, 0.6) is 0 Å². The van der Waals surface area contributed by atoms with Gasteiger partial charge in [0, 0.05) is 18.9 Å². The predicted octanol–water partition coefficient (Wildman–Crippen LogP) is 0.103. The lowest BCUT2D eigenvalue weighted by Crippen LogP contribution is -2.25. The quantitative estimate of drug-likeness (QED) is 0.833. The first-order valence-electron chi connectivity index (χ1n) is 5.99. The van der Waals surface area contributed by atoms with Crippen molar-refractivity contribution in [1.29, 1.82) is 0 Å². The van der Waals surface area contributed by atoms with Crippen LogP contribution in [0.15, 0.2) is 46.1 Å². The van der Waals surface area contributed by atoms with Gasteiger partial charge in [0.05, 0.1) is 4.90 Å². The van der Waals surface area contributed by atoms with Crippen LogP contribution in [0.25, 0.3) is 0 Å². The molecule has 1 amide bonds. The monoisotopic (exact) mass is 307 g/mol. The van der Waals surface area contributed by atoms with Gasteiger partial charge in [0.2, 0.25) is 0 Å². The highest BCUT2D eigenvalue weighted by Crippen LogP contribution is 2.10. The van der Waals surface area contributed by atoms with Gasteiger partial charge in [0.15, 0.2) is 9.84 Å². The Hall–Kier alpha value is -2.48. The average molecular weight is 307 g/mol. The van der Waals surface area contributed by atoms with Gasteiger partial charge < -0.3 is 5.32 Å². The highest BCUT2D eigenvalue weighted by Gasteiger charge is 2.08. The van der Waals surface area contributed by atoms with E-state index in [1.165, 1.54) is 24.3 Å². The zero-order chi connectivity index (χ0) is 15.5. The zero-order valence-electron chi connectivity index (χ0n) is 11.2. The third-order valence-corrected chi connectivity index (χ3v) is 3.84. The fourth-order valence-corrected chi connectivity index (χ4v) is 2.23. The maximum Gasteiger partial charge on any atom is 0.271 e. The molecule has 8 heteroatoms. The van der Waals surface area contributed by atoms with E-state index in [1.807, 2.05) is 0 Å². The minimum atomic E-state index is -3.23. The molecule has 7 nitrogen and oxygen atoms in total. The van der Waals surface area contributed by atoms with E-state index in [4.69, 9.17) is 0 Å². The summed E-state index contributed by atoms with van der Waals surface area (Å²) in [5, 5.41) is 8.40. The van der Waals surface area contributed by atoms with Crippen molar-refractivity contribution in [3.05, 3.63) is 58.0 Å². The molecule has 110 valence electrons. The second-order valence-corrected chi connectivity index (χ2v) is 6.42. The van der Waals surface area contributed by atoms with E-state index in [-0.39, 0.29) is 22.7 Å². The van der Waals surface area contributed by atoms with E-state index >= 15 is 0 Å². The molecule has 2 aromatic rings. The van der Waals surface area contributed by atoms with Gasteiger partial charge in [-0.25, -0.2) is 13.5 Å². The number of sulfone groups is 1. The first-order valence-corrected chi connectivity index (χ1v) is 7.88. The van der Waals surface area contributed by atoms with Crippen LogP contribution in [0.1, 0.15) is 16.1 Å². The Morgan fingerprint density at radius 1 is 1.19 bits per heavy atom. The van der Waals surface area contributed by atoms with E-state index in [2.05, 4.69) is 15.5 Å². The van der Waals surface area contributed by atoms with Crippen molar-refractivity contribution >= 4 is 15.7 Å². The van der Waals surface area contributed by atoms with E-state index in [1.54, 1.807) is 12.1 Å². The lowest BCUT2D eigenvalue weighted by atomic mass is 10.2. The number of aromatic amines is 1. The molecular formula is C13H13N3O4S. The standard InChI is InChI=1S/C13H13N3O4S/c1-21(19,20)10-4-2-9(3-5-10)8-14-13(18)11-6-7-12(17)16-15-11/h2-7H,8H2,1H3,(H,14,18)(H,16,17). The molecule has 0 aliphatic heterocycles. The summed E-state index contributed by atoms with van der Waals surface area (Å²) in [6.45, 7) is 0.226. The van der Waals surface area contributed by atoms with E-state index in [0.29, 0.717) is 0 Å². The number of hydrogen-bond donors (Lipinski definition) is 2. The Kier molecular flexibility index (Phi) is 4.18. The Labute approximate surface area is 120 Å². The van der Waals surface area contributed by atoms with Crippen LogP contribution in [-0.2, 0) is 16.4 Å². The molecule has 2 N–H and O–H groups in total. The SMILES string of the molecule is CS(=O)(=O)c1ccc(CNC(=O)c2ccc(=O)[nH]n2)cc1. The molecule has 0 atom stereocenters. The number of benzene rings is 1. The number of carbonyl (C=O) groups is 1. The number of hydrogen-bond acceptors (Lipinski definition) is 5. The maximum atomic E-state index is 11.8. The Morgan fingerprint density at radius 2 is 1.86 bits per heavy atom. The van der Waals surface area contributed by atoms with E-state index in [0.717, 1.165) is 11.8 Å². The van der Waals surface area contributed by atoms with Crippen molar-refractivity contribution in [2.24, 2.45) is 0 Å². The fourth-order valence-electron chi connectivity index (χ4n) is 1.60. The number of carbonyl (C=O) groups excluding carboxylic acids is 1. The molecule has 0 aliphatic carbocycles. The van der Waals surface area contributed by atoms with Gasteiger partial charge in [-0.3, -0.25) is 9.59 Å². The minimum absolute atomic E-state index is 0.0994. The van der Waals surface area contributed by atoms with Crippen molar-refractivity contribution < 1.29 is 13.2 Å². The summed E-state index contributed by atoms with van der Waals surface area (Å²) < 4.78 is 22.6. The first kappa shape index (κ1) is 14.9. The Morgan fingerprint density at radius 3 is 2.38 bits per heavy atom. The lowest BCUT2D eigenvalue weighted by Gasteiger charge is -2.05. The van der Waals surface area contributed by atoms with Gasteiger partial charge in [-0.2, -0.15) is 5.10 Å². The van der Waals surface area contributed by atoms with Gasteiger partial charge in [-0.05, 0) is 23.8 Å². The molecule has 1 aromatic heterocycles. The molecule has 0 saturated heterocycles. The summed E-state index contributed by atoms with van der Waals surface area (Å²) in [5.41, 5.74) is 0.463. The van der Waals surface area contributed by atoms with Crippen LogP contribution < -0.4 is 10.9 Å². The molecule has 1 heterocycles. The third-order valence-electron chi connectivity index (χ3n) is 2.72. The molecule has 2 rings (SSSR count). The molecule has 0 aliphatic rings. The van der Waals surface area contributed by atoms with Crippen LogP contribution in [0.4, 0.5) is 0 Å². The summed E-state index contributed by atoms with van der Waals surface area (Å²) in [7, 11) is -3.23. The van der Waals surface area contributed by atoms with E-state index in [9.17, 15) is 18.0 Å². The van der Waals surface area contributed by atoms with Crippen LogP contribution in [-0.4, -0.2) is 30.8 Å². The average Bonchev–Trinajstić information content (AvgIpc) is 2.45. The summed E-state index contributed by atoms with van der Waals surface area (Å²) in [6.07, 6.45) is 1.13. The van der Waals surface area contributed by atoms with Crippen molar-refractivity contribution in [3.63, 3.8) is 0 Å². The molecule has 0 fully saturated rings. The van der Waals surface area contributed by atoms with Crippen LogP contribution in [0.3, 0.4) is 0 Å². The molecule has 21 heavy (non-hydrogen) atoms. The van der Waals surface area contributed by atoms with Crippen molar-refractivity contribution in [3.8, 4) is 0 Å². The first-order chi connectivity index (χ1) is 9.86. The van der Waals surface area contributed by atoms with Crippen LogP contribution in [0.2, 0.25) is 0 Å². The number of H-pyrrole nitrogens is 1. The normalized spacial score (nSPS) is 11.1. The second kappa shape index (κ2) is 5.88. The smallest absolute Gasteiger partial charge is 0.271 e. The lowest BCUT2D eigenvalue weighted by molar-refractivity contribution is 0.0944. The van der Waals surface area contributed by atoms with Gasteiger partial charge in [-0.15, -0.1) is 0 Å². The maximum absolute atomic E-state index is 11.8. The zero-order valence-corrected chi connectivity index (χ0v) is 12.0. The number of nitrogens with zero attached hydrogens (tertiary/aromatic N) is 1. The van der Waals surface area contributed by atoms with Crippen molar-refractivity contribution in [2.45, 2.75) is 11.4 Å². The second-order valence-electron chi connectivity index (χ2n) is 4.41. The minimum Gasteiger partial charge on any atom is -0.347 e. The van der Waals surface area contributed by atoms with E-state index < -0.39 is 15.7 Å². The number of amides is 1. The summed E-state index contributed by atoms with van der Waals surface area (Å²) in [5.74, 6) is -0.432. The third kappa shape index (κ3) is 3.99. The number of nitrogens with one attached hydrogen (secondary N) is 2. The van der Waals surface area contributed by atoms with Gasteiger partial charge in [-0.1, -0.05) is 12.1 Å². The number of aromatic nitrogens is 2. The molecule has 1 aromatic carbocycles. The predicted molar refractivity (Wildman–Crippen MR) is 75.6 cm³/mol. The largest absolute Gasteiger partial charge is 0.347 e.